The van der Waals surface area contributed by atoms with E-state index in [1.54, 1.807) is 6.92 Å². The minimum absolute atomic E-state index is 0.0363. The molecule has 0 spiro atoms. The second-order valence-corrected chi connectivity index (χ2v) is 6.74. The maximum Gasteiger partial charge on any atom is 0.221 e. The van der Waals surface area contributed by atoms with Gasteiger partial charge < -0.3 is 10.1 Å². The third-order valence-corrected chi connectivity index (χ3v) is 4.03. The molecule has 108 valence electrons. The van der Waals surface area contributed by atoms with Crippen LogP contribution in [0.15, 0.2) is 0 Å². The Kier molecular flexibility index (Phi) is 5.37. The monoisotopic (exact) mass is 266 g/mol. The van der Waals surface area contributed by atoms with Crippen LogP contribution in [0.1, 0.15) is 52.9 Å². The first-order valence-electron chi connectivity index (χ1n) is 7.01. The van der Waals surface area contributed by atoms with E-state index in [4.69, 9.17) is 10.00 Å². The lowest BCUT2D eigenvalue weighted by atomic mass is 9.72. The summed E-state index contributed by atoms with van der Waals surface area (Å²) in [4.78, 5) is 12.0. The largest absolute Gasteiger partial charge is 0.381 e. The molecular formula is C15H26N2O2. The summed E-state index contributed by atoms with van der Waals surface area (Å²) in [7, 11) is 1.53. The average Bonchev–Trinajstić information content (AvgIpc) is 2.32. The lowest BCUT2D eigenvalue weighted by molar-refractivity contribution is -0.124. The van der Waals surface area contributed by atoms with Gasteiger partial charge in [-0.15, -0.1) is 0 Å². The number of nitrogens with one attached hydrogen (secondary N) is 1. The number of carbonyl (C=O) groups excluding carboxylic acids is 1. The molecule has 1 aliphatic rings. The molecule has 1 saturated carbocycles. The summed E-state index contributed by atoms with van der Waals surface area (Å²) in [6.07, 6.45) is 5.09. The number of carbonyl (C=O) groups is 1. The zero-order chi connectivity index (χ0) is 14.5. The summed E-state index contributed by atoms with van der Waals surface area (Å²) < 4.78 is 4.98. The van der Waals surface area contributed by atoms with Crippen LogP contribution < -0.4 is 5.32 Å². The highest BCUT2D eigenvalue weighted by molar-refractivity contribution is 5.77. The van der Waals surface area contributed by atoms with Crippen LogP contribution in [0.25, 0.3) is 0 Å². The molecule has 0 aromatic heterocycles. The van der Waals surface area contributed by atoms with Crippen LogP contribution in [0.4, 0.5) is 0 Å². The van der Waals surface area contributed by atoms with Crippen molar-refractivity contribution in [3.05, 3.63) is 0 Å². The molecule has 0 aromatic rings. The number of hydrogen-bond donors (Lipinski definition) is 1. The molecular weight excluding hydrogens is 240 g/mol. The molecule has 1 aliphatic carbocycles. The third-order valence-electron chi connectivity index (χ3n) is 4.03. The van der Waals surface area contributed by atoms with Crippen LogP contribution in [0.5, 0.6) is 0 Å². The Morgan fingerprint density at radius 2 is 2.05 bits per heavy atom. The van der Waals surface area contributed by atoms with Gasteiger partial charge in [0.2, 0.25) is 5.91 Å². The second-order valence-electron chi connectivity index (χ2n) is 6.74. The quantitative estimate of drug-likeness (QED) is 0.832. The van der Waals surface area contributed by atoms with E-state index in [-0.39, 0.29) is 12.5 Å². The molecule has 4 nitrogen and oxygen atoms in total. The van der Waals surface area contributed by atoms with Gasteiger partial charge in [0.15, 0.2) is 0 Å². The maximum absolute atomic E-state index is 12.0. The maximum atomic E-state index is 12.0. The van der Waals surface area contributed by atoms with Gasteiger partial charge in [-0.2, -0.15) is 5.26 Å². The molecule has 0 radical (unpaired) electrons. The Labute approximate surface area is 116 Å². The predicted molar refractivity (Wildman–Crippen MR) is 74.4 cm³/mol. The van der Waals surface area contributed by atoms with Crippen molar-refractivity contribution in [2.45, 2.75) is 58.4 Å². The van der Waals surface area contributed by atoms with Crippen LogP contribution in [0.2, 0.25) is 0 Å². The smallest absolute Gasteiger partial charge is 0.221 e. The van der Waals surface area contributed by atoms with Gasteiger partial charge in [0.05, 0.1) is 12.7 Å². The van der Waals surface area contributed by atoms with Gasteiger partial charge in [0.25, 0.3) is 0 Å². The predicted octanol–water partition coefficient (Wildman–Crippen LogP) is 2.64. The van der Waals surface area contributed by atoms with E-state index in [9.17, 15) is 4.79 Å². The molecule has 4 heteroatoms. The number of rotatable bonds is 5. The Bertz CT molecular complexity index is 350. The highest BCUT2D eigenvalue weighted by Crippen LogP contribution is 2.39. The van der Waals surface area contributed by atoms with Crippen LogP contribution in [-0.2, 0) is 9.53 Å². The lowest BCUT2D eigenvalue weighted by Gasteiger charge is -2.34. The Morgan fingerprint density at radius 3 is 2.53 bits per heavy atom. The van der Waals surface area contributed by atoms with E-state index in [0.29, 0.717) is 17.8 Å². The fourth-order valence-corrected chi connectivity index (χ4v) is 2.67. The molecule has 0 aliphatic heterocycles. The average molecular weight is 266 g/mol. The van der Waals surface area contributed by atoms with Crippen molar-refractivity contribution in [2.75, 3.05) is 13.7 Å². The lowest BCUT2D eigenvalue weighted by Crippen LogP contribution is -2.48. The van der Waals surface area contributed by atoms with Gasteiger partial charge in [-0.25, -0.2) is 0 Å². The first-order chi connectivity index (χ1) is 8.80. The Balaban J connectivity index is 2.42. The van der Waals surface area contributed by atoms with E-state index in [0.717, 1.165) is 12.8 Å². The molecule has 0 heterocycles. The third kappa shape index (κ3) is 5.20. The van der Waals surface area contributed by atoms with Crippen LogP contribution >= 0.6 is 0 Å². The molecule has 1 rings (SSSR count). The van der Waals surface area contributed by atoms with Crippen molar-refractivity contribution in [2.24, 2.45) is 11.3 Å². The molecule has 0 saturated heterocycles. The van der Waals surface area contributed by atoms with Crippen LogP contribution in [0, 0.1) is 22.7 Å². The highest BCUT2D eigenvalue weighted by atomic mass is 16.5. The summed E-state index contributed by atoms with van der Waals surface area (Å²) in [6.45, 7) is 6.48. The van der Waals surface area contributed by atoms with E-state index in [2.05, 4.69) is 25.2 Å². The summed E-state index contributed by atoms with van der Waals surface area (Å²) in [6, 6.07) is 2.10. The van der Waals surface area contributed by atoms with Gasteiger partial charge in [-0.3, -0.25) is 4.79 Å². The molecule has 19 heavy (non-hydrogen) atoms. The Morgan fingerprint density at radius 1 is 1.47 bits per heavy atom. The molecule has 1 atom stereocenters. The summed E-state index contributed by atoms with van der Waals surface area (Å²) >= 11 is 0. The number of nitriles is 1. The summed E-state index contributed by atoms with van der Waals surface area (Å²) in [5.41, 5.74) is -0.496. The fourth-order valence-electron chi connectivity index (χ4n) is 2.67. The Hall–Kier alpha value is -1.08. The van der Waals surface area contributed by atoms with Gasteiger partial charge >= 0.3 is 0 Å². The van der Waals surface area contributed by atoms with E-state index in [1.807, 2.05) is 0 Å². The van der Waals surface area contributed by atoms with Crippen molar-refractivity contribution in [1.29, 1.82) is 5.26 Å². The topological polar surface area (TPSA) is 62.1 Å². The molecule has 1 fully saturated rings. The number of amides is 1. The van der Waals surface area contributed by atoms with Crippen molar-refractivity contribution in [3.8, 4) is 6.07 Å². The number of nitrogens with zero attached hydrogens (tertiary/aromatic N) is 1. The number of ether oxygens (including phenoxy) is 1. The molecule has 0 aromatic carbocycles. The van der Waals surface area contributed by atoms with Gasteiger partial charge in [-0.1, -0.05) is 13.8 Å². The van der Waals surface area contributed by atoms with Crippen molar-refractivity contribution < 1.29 is 9.53 Å². The van der Waals surface area contributed by atoms with Crippen LogP contribution in [-0.4, -0.2) is 25.2 Å². The summed E-state index contributed by atoms with van der Waals surface area (Å²) in [5, 5.41) is 11.9. The van der Waals surface area contributed by atoms with Crippen LogP contribution in [0.3, 0.4) is 0 Å². The van der Waals surface area contributed by atoms with E-state index in [1.165, 1.54) is 20.0 Å². The minimum atomic E-state index is -0.917. The zero-order valence-electron chi connectivity index (χ0n) is 12.6. The van der Waals surface area contributed by atoms with E-state index >= 15 is 0 Å². The molecule has 0 unspecified atom stereocenters. The van der Waals surface area contributed by atoms with Crippen molar-refractivity contribution in [3.63, 3.8) is 0 Å². The SMILES string of the molecule is COC[C@](C)(C#N)NC(=O)CC1CCC(C)(C)CC1. The number of methoxy groups -OCH3 is 1. The van der Waals surface area contributed by atoms with Gasteiger partial charge in [0.1, 0.15) is 5.54 Å². The molecule has 0 bridgehead atoms. The normalized spacial score (nSPS) is 22.3. The first kappa shape index (κ1) is 16.0. The van der Waals surface area contributed by atoms with E-state index < -0.39 is 5.54 Å². The fraction of sp³-hybridized carbons (Fsp3) is 0.867. The highest BCUT2D eigenvalue weighted by Gasteiger charge is 2.30. The first-order valence-corrected chi connectivity index (χ1v) is 7.01. The van der Waals surface area contributed by atoms with Gasteiger partial charge in [0, 0.05) is 13.5 Å². The summed E-state index contributed by atoms with van der Waals surface area (Å²) in [5.74, 6) is 0.421. The minimum Gasteiger partial charge on any atom is -0.381 e. The second kappa shape index (κ2) is 6.38. The standard InChI is InChI=1S/C15H26N2O2/c1-14(2)7-5-12(6-8-14)9-13(18)17-15(3,10-16)11-19-4/h12H,5-9,11H2,1-4H3,(H,17,18)/t15-/m0/s1. The zero-order valence-corrected chi connectivity index (χ0v) is 12.6. The molecule has 1 N–H and O–H groups in total. The van der Waals surface area contributed by atoms with Gasteiger partial charge in [-0.05, 0) is 43.9 Å². The van der Waals surface area contributed by atoms with Crippen molar-refractivity contribution in [1.82, 2.24) is 5.32 Å². The number of hydrogen-bond acceptors (Lipinski definition) is 3. The molecule has 1 amide bonds. The van der Waals surface area contributed by atoms with Crippen molar-refractivity contribution >= 4 is 5.91 Å².